The Balaban J connectivity index is 1.30. The maximum atomic E-state index is 12.9. The molecule has 1 aliphatic heterocycles. The van der Waals surface area contributed by atoms with Crippen LogP contribution in [0.4, 0.5) is 0 Å². The summed E-state index contributed by atoms with van der Waals surface area (Å²) in [6.45, 7) is 1.94. The summed E-state index contributed by atoms with van der Waals surface area (Å²) in [5.41, 5.74) is 1.85. The maximum absolute atomic E-state index is 12.9. The highest BCUT2D eigenvalue weighted by molar-refractivity contribution is 5.96. The lowest BCUT2D eigenvalue weighted by atomic mass is 10.0. The minimum absolute atomic E-state index is 0.0547. The summed E-state index contributed by atoms with van der Waals surface area (Å²) in [5.74, 6) is -0.0945. The fourth-order valence-corrected chi connectivity index (χ4v) is 4.23. The highest BCUT2D eigenvalue weighted by atomic mass is 16.4. The molecule has 1 unspecified atom stereocenters. The lowest BCUT2D eigenvalue weighted by molar-refractivity contribution is -0.108. The lowest BCUT2D eigenvalue weighted by Crippen LogP contribution is -2.55. The number of aromatic nitrogens is 1. The summed E-state index contributed by atoms with van der Waals surface area (Å²) < 4.78 is 0. The standard InChI is InChI=1S/C24H25N3O4/c28-21-15-18(3-5-19(21)16-4-6-20-17(14-16)2-1-9-25-20)22(29)26-10-12-27(13-11-26)23(30)24(31)7-8-24/h1-6,9,14-15,23,28,30-31H,7-8,10-13H2. The monoisotopic (exact) mass is 419 g/mol. The van der Waals surface area contributed by atoms with Crippen LogP contribution in [-0.4, -0.2) is 74.0 Å². The molecule has 1 aliphatic carbocycles. The number of phenols is 1. The van der Waals surface area contributed by atoms with Crippen LogP contribution in [0.5, 0.6) is 5.75 Å². The Labute approximate surface area is 180 Å². The smallest absolute Gasteiger partial charge is 0.254 e. The first-order valence-electron chi connectivity index (χ1n) is 10.6. The van der Waals surface area contributed by atoms with Crippen molar-refractivity contribution in [3.63, 3.8) is 0 Å². The zero-order valence-electron chi connectivity index (χ0n) is 17.1. The number of fused-ring (bicyclic) bond motifs is 1. The van der Waals surface area contributed by atoms with Crippen molar-refractivity contribution in [3.8, 4) is 16.9 Å². The molecule has 160 valence electrons. The van der Waals surface area contributed by atoms with Crippen LogP contribution in [0.25, 0.3) is 22.0 Å². The number of piperazine rings is 1. The van der Waals surface area contributed by atoms with Crippen molar-refractivity contribution in [1.29, 1.82) is 0 Å². The van der Waals surface area contributed by atoms with Crippen LogP contribution in [0.2, 0.25) is 0 Å². The second-order valence-electron chi connectivity index (χ2n) is 8.45. The third kappa shape index (κ3) is 3.76. The first-order chi connectivity index (χ1) is 14.9. The molecule has 2 aromatic carbocycles. The third-order valence-electron chi connectivity index (χ3n) is 6.35. The summed E-state index contributed by atoms with van der Waals surface area (Å²) in [7, 11) is 0. The molecule has 2 aliphatic rings. The minimum Gasteiger partial charge on any atom is -0.507 e. The van der Waals surface area contributed by atoms with E-state index in [1.54, 1.807) is 23.2 Å². The fraction of sp³-hybridized carbons (Fsp3) is 0.333. The Bertz CT molecular complexity index is 1140. The highest BCUT2D eigenvalue weighted by Gasteiger charge is 2.50. The largest absolute Gasteiger partial charge is 0.507 e. The van der Waals surface area contributed by atoms with Gasteiger partial charge in [-0.1, -0.05) is 12.1 Å². The van der Waals surface area contributed by atoms with E-state index in [1.165, 1.54) is 6.07 Å². The molecule has 1 aromatic heterocycles. The fourth-order valence-electron chi connectivity index (χ4n) is 4.23. The van der Waals surface area contributed by atoms with Gasteiger partial charge in [0.1, 0.15) is 17.6 Å². The van der Waals surface area contributed by atoms with E-state index >= 15 is 0 Å². The Morgan fingerprint density at radius 3 is 2.52 bits per heavy atom. The first-order valence-corrected chi connectivity index (χ1v) is 10.6. The molecule has 2 heterocycles. The molecule has 0 bridgehead atoms. The number of aromatic hydroxyl groups is 1. The van der Waals surface area contributed by atoms with Crippen LogP contribution in [0.15, 0.2) is 54.7 Å². The number of amides is 1. The highest BCUT2D eigenvalue weighted by Crippen LogP contribution is 2.40. The molecule has 0 spiro atoms. The Kier molecular flexibility index (Phi) is 4.89. The number of aliphatic hydroxyl groups excluding tert-OH is 1. The normalized spacial score (nSPS) is 19.4. The van der Waals surface area contributed by atoms with Crippen molar-refractivity contribution in [2.45, 2.75) is 24.7 Å². The van der Waals surface area contributed by atoms with Crippen LogP contribution >= 0.6 is 0 Å². The van der Waals surface area contributed by atoms with Crippen molar-refractivity contribution in [2.24, 2.45) is 0 Å². The first kappa shape index (κ1) is 19.9. The predicted molar refractivity (Wildman–Crippen MR) is 117 cm³/mol. The van der Waals surface area contributed by atoms with Gasteiger partial charge in [-0.25, -0.2) is 0 Å². The number of carbonyl (C=O) groups excluding carboxylic acids is 1. The van der Waals surface area contributed by atoms with Gasteiger partial charge in [0.2, 0.25) is 0 Å². The van der Waals surface area contributed by atoms with Crippen molar-refractivity contribution < 1.29 is 20.1 Å². The summed E-state index contributed by atoms with van der Waals surface area (Å²) in [6, 6.07) is 14.6. The van der Waals surface area contributed by atoms with E-state index in [2.05, 4.69) is 4.98 Å². The Hall–Kier alpha value is -3.00. The van der Waals surface area contributed by atoms with E-state index in [4.69, 9.17) is 0 Å². The molecule has 1 amide bonds. The Morgan fingerprint density at radius 2 is 1.81 bits per heavy atom. The SMILES string of the molecule is O=C(c1ccc(-c2ccc3ncccc3c2)c(O)c1)N1CCN(C(O)C2(O)CC2)CC1. The molecular weight excluding hydrogens is 394 g/mol. The molecule has 7 heteroatoms. The average molecular weight is 419 g/mol. The van der Waals surface area contributed by atoms with E-state index in [9.17, 15) is 20.1 Å². The second kappa shape index (κ2) is 7.60. The van der Waals surface area contributed by atoms with Gasteiger partial charge in [0.05, 0.1) is 5.52 Å². The minimum atomic E-state index is -0.980. The topological polar surface area (TPSA) is 97.1 Å². The van der Waals surface area contributed by atoms with Crippen LogP contribution in [0.3, 0.4) is 0 Å². The summed E-state index contributed by atoms with van der Waals surface area (Å²) in [5, 5.41) is 32.0. The molecule has 31 heavy (non-hydrogen) atoms. The molecule has 1 atom stereocenters. The molecular formula is C24H25N3O4. The number of benzene rings is 2. The summed E-state index contributed by atoms with van der Waals surface area (Å²) in [4.78, 5) is 20.8. The van der Waals surface area contributed by atoms with Gasteiger partial charge in [0, 0.05) is 48.9 Å². The molecule has 7 nitrogen and oxygen atoms in total. The zero-order valence-corrected chi connectivity index (χ0v) is 17.1. The number of pyridine rings is 1. The number of hydrogen-bond acceptors (Lipinski definition) is 6. The average Bonchev–Trinajstić information content (AvgIpc) is 3.56. The van der Waals surface area contributed by atoms with Crippen LogP contribution in [-0.2, 0) is 0 Å². The van der Waals surface area contributed by atoms with Gasteiger partial charge in [-0.05, 0) is 54.8 Å². The van der Waals surface area contributed by atoms with Crippen molar-refractivity contribution in [1.82, 2.24) is 14.8 Å². The summed E-state index contributed by atoms with van der Waals surface area (Å²) in [6.07, 6.45) is 2.11. The number of aliphatic hydroxyl groups is 2. The molecule has 2 fully saturated rings. The third-order valence-corrected chi connectivity index (χ3v) is 6.35. The zero-order chi connectivity index (χ0) is 21.6. The van der Waals surface area contributed by atoms with Crippen LogP contribution in [0, 0.1) is 0 Å². The lowest BCUT2D eigenvalue weighted by Gasteiger charge is -2.38. The van der Waals surface area contributed by atoms with Crippen molar-refractivity contribution in [3.05, 3.63) is 60.3 Å². The van der Waals surface area contributed by atoms with E-state index in [-0.39, 0.29) is 11.7 Å². The van der Waals surface area contributed by atoms with Gasteiger partial charge in [0.15, 0.2) is 0 Å². The van der Waals surface area contributed by atoms with E-state index in [0.717, 1.165) is 16.5 Å². The van der Waals surface area contributed by atoms with E-state index in [0.29, 0.717) is 50.1 Å². The Morgan fingerprint density at radius 1 is 1.03 bits per heavy atom. The second-order valence-corrected chi connectivity index (χ2v) is 8.45. The number of nitrogens with zero attached hydrogens (tertiary/aromatic N) is 3. The molecule has 0 radical (unpaired) electrons. The van der Waals surface area contributed by atoms with E-state index in [1.807, 2.05) is 35.2 Å². The molecule has 3 N–H and O–H groups in total. The predicted octanol–water partition coefficient (Wildman–Crippen LogP) is 2.21. The quantitative estimate of drug-likeness (QED) is 0.600. The van der Waals surface area contributed by atoms with Gasteiger partial charge >= 0.3 is 0 Å². The van der Waals surface area contributed by atoms with Crippen molar-refractivity contribution >= 4 is 16.8 Å². The van der Waals surface area contributed by atoms with Gasteiger partial charge < -0.3 is 20.2 Å². The number of hydrogen-bond donors (Lipinski definition) is 3. The van der Waals surface area contributed by atoms with Crippen molar-refractivity contribution in [2.75, 3.05) is 26.2 Å². The number of rotatable bonds is 4. The van der Waals surface area contributed by atoms with Gasteiger partial charge in [0.25, 0.3) is 5.91 Å². The summed E-state index contributed by atoms with van der Waals surface area (Å²) >= 11 is 0. The molecule has 5 rings (SSSR count). The molecule has 3 aromatic rings. The number of carbonyl (C=O) groups is 1. The maximum Gasteiger partial charge on any atom is 0.254 e. The van der Waals surface area contributed by atoms with Crippen LogP contribution < -0.4 is 0 Å². The van der Waals surface area contributed by atoms with Crippen LogP contribution in [0.1, 0.15) is 23.2 Å². The molecule has 1 saturated carbocycles. The van der Waals surface area contributed by atoms with E-state index < -0.39 is 11.8 Å². The molecule has 1 saturated heterocycles. The number of phenolic OH excluding ortho intramolecular Hbond substituents is 1. The van der Waals surface area contributed by atoms with Gasteiger partial charge in [-0.15, -0.1) is 0 Å². The van der Waals surface area contributed by atoms with Gasteiger partial charge in [-0.2, -0.15) is 0 Å². The van der Waals surface area contributed by atoms with Gasteiger partial charge in [-0.3, -0.25) is 14.7 Å².